The molecule has 0 saturated carbocycles. The SMILES string of the molecule is Cc1cc(C(NN)c2cnccn2)cc(C)c1Br. The first kappa shape index (κ1) is 13.1. The topological polar surface area (TPSA) is 63.8 Å². The van der Waals surface area contributed by atoms with Crippen molar-refractivity contribution in [2.45, 2.75) is 19.9 Å². The lowest BCUT2D eigenvalue weighted by atomic mass is 10.00. The van der Waals surface area contributed by atoms with Crippen molar-refractivity contribution in [3.63, 3.8) is 0 Å². The first-order valence-electron chi connectivity index (χ1n) is 5.62. The molecule has 0 aliphatic rings. The molecule has 1 atom stereocenters. The molecule has 1 aromatic heterocycles. The summed E-state index contributed by atoms with van der Waals surface area (Å²) in [4.78, 5) is 8.37. The molecule has 1 heterocycles. The number of aryl methyl sites for hydroxylation is 2. The van der Waals surface area contributed by atoms with Crippen molar-refractivity contribution in [3.8, 4) is 0 Å². The van der Waals surface area contributed by atoms with Crippen LogP contribution >= 0.6 is 15.9 Å². The van der Waals surface area contributed by atoms with E-state index in [1.54, 1.807) is 18.6 Å². The third-order valence-corrected chi connectivity index (χ3v) is 4.09. The molecule has 2 aromatic rings. The highest BCUT2D eigenvalue weighted by atomic mass is 79.9. The van der Waals surface area contributed by atoms with Crippen LogP contribution in [-0.2, 0) is 0 Å². The van der Waals surface area contributed by atoms with Crippen LogP contribution in [0.5, 0.6) is 0 Å². The second-order valence-corrected chi connectivity index (χ2v) is 4.99. The molecule has 0 aliphatic carbocycles. The lowest BCUT2D eigenvalue weighted by Crippen LogP contribution is -2.29. The van der Waals surface area contributed by atoms with Gasteiger partial charge in [0.05, 0.1) is 17.9 Å². The van der Waals surface area contributed by atoms with Crippen LogP contribution in [0.3, 0.4) is 0 Å². The maximum absolute atomic E-state index is 5.65. The molecule has 0 amide bonds. The summed E-state index contributed by atoms with van der Waals surface area (Å²) in [6.07, 6.45) is 5.03. The Labute approximate surface area is 115 Å². The van der Waals surface area contributed by atoms with Crippen molar-refractivity contribution in [1.82, 2.24) is 15.4 Å². The number of nitrogens with two attached hydrogens (primary N) is 1. The number of hydrogen-bond acceptors (Lipinski definition) is 4. The van der Waals surface area contributed by atoms with Crippen LogP contribution in [0.1, 0.15) is 28.4 Å². The third kappa shape index (κ3) is 2.58. The molecule has 0 radical (unpaired) electrons. The summed E-state index contributed by atoms with van der Waals surface area (Å²) in [6, 6.07) is 4.04. The Bertz CT molecular complexity index is 519. The van der Waals surface area contributed by atoms with Gasteiger partial charge in [0.15, 0.2) is 0 Å². The number of hydrogen-bond donors (Lipinski definition) is 2. The molecule has 18 heavy (non-hydrogen) atoms. The van der Waals surface area contributed by atoms with Gasteiger partial charge in [0, 0.05) is 16.9 Å². The lowest BCUT2D eigenvalue weighted by molar-refractivity contribution is 0.617. The molecule has 1 unspecified atom stereocenters. The smallest absolute Gasteiger partial charge is 0.0897 e. The van der Waals surface area contributed by atoms with Gasteiger partial charge in [0.2, 0.25) is 0 Å². The van der Waals surface area contributed by atoms with Gasteiger partial charge in [-0.3, -0.25) is 15.8 Å². The quantitative estimate of drug-likeness (QED) is 0.675. The number of aromatic nitrogens is 2. The molecular weight excluding hydrogens is 292 g/mol. The first-order valence-corrected chi connectivity index (χ1v) is 6.41. The second kappa shape index (κ2) is 5.56. The van der Waals surface area contributed by atoms with Gasteiger partial charge in [0.1, 0.15) is 0 Å². The Morgan fingerprint density at radius 1 is 1.22 bits per heavy atom. The molecule has 0 bridgehead atoms. The van der Waals surface area contributed by atoms with Gasteiger partial charge >= 0.3 is 0 Å². The Morgan fingerprint density at radius 3 is 2.39 bits per heavy atom. The Balaban J connectivity index is 2.46. The monoisotopic (exact) mass is 306 g/mol. The highest BCUT2D eigenvalue weighted by Gasteiger charge is 2.15. The van der Waals surface area contributed by atoms with E-state index in [0.717, 1.165) is 15.7 Å². The Hall–Kier alpha value is -1.30. The van der Waals surface area contributed by atoms with E-state index in [2.05, 4.69) is 57.3 Å². The van der Waals surface area contributed by atoms with E-state index in [9.17, 15) is 0 Å². The molecule has 5 heteroatoms. The number of nitrogens with one attached hydrogen (secondary N) is 1. The molecule has 2 rings (SSSR count). The molecular formula is C13H15BrN4. The fraction of sp³-hybridized carbons (Fsp3) is 0.231. The van der Waals surface area contributed by atoms with Crippen molar-refractivity contribution in [1.29, 1.82) is 0 Å². The Kier molecular flexibility index (Phi) is 4.06. The molecule has 1 aromatic carbocycles. The van der Waals surface area contributed by atoms with Crippen molar-refractivity contribution in [3.05, 3.63) is 57.6 Å². The minimum atomic E-state index is -0.149. The zero-order valence-electron chi connectivity index (χ0n) is 10.3. The average Bonchev–Trinajstić information content (AvgIpc) is 2.38. The number of hydrazine groups is 1. The fourth-order valence-corrected chi connectivity index (χ4v) is 2.19. The summed E-state index contributed by atoms with van der Waals surface area (Å²) in [7, 11) is 0. The van der Waals surface area contributed by atoms with Crippen LogP contribution in [-0.4, -0.2) is 9.97 Å². The summed E-state index contributed by atoms with van der Waals surface area (Å²) in [5.41, 5.74) is 7.03. The largest absolute Gasteiger partial charge is 0.271 e. The van der Waals surface area contributed by atoms with Gasteiger partial charge in [0.25, 0.3) is 0 Å². The van der Waals surface area contributed by atoms with Crippen LogP contribution in [0.15, 0.2) is 35.2 Å². The summed E-state index contributed by atoms with van der Waals surface area (Å²) in [6.45, 7) is 4.12. The zero-order chi connectivity index (χ0) is 13.1. The molecule has 4 nitrogen and oxygen atoms in total. The third-order valence-electron chi connectivity index (χ3n) is 2.84. The highest BCUT2D eigenvalue weighted by Crippen LogP contribution is 2.27. The molecule has 0 fully saturated rings. The van der Waals surface area contributed by atoms with Crippen molar-refractivity contribution in [2.75, 3.05) is 0 Å². The van der Waals surface area contributed by atoms with Gasteiger partial charge in [-0.25, -0.2) is 5.43 Å². The predicted molar refractivity (Wildman–Crippen MR) is 74.8 cm³/mol. The molecule has 0 saturated heterocycles. The van der Waals surface area contributed by atoms with Crippen molar-refractivity contribution in [2.24, 2.45) is 5.84 Å². The normalized spacial score (nSPS) is 12.4. The summed E-state index contributed by atoms with van der Waals surface area (Å²) in [5, 5.41) is 0. The van der Waals surface area contributed by atoms with Crippen molar-refractivity contribution >= 4 is 15.9 Å². The van der Waals surface area contributed by atoms with Crippen LogP contribution < -0.4 is 11.3 Å². The molecule has 0 aliphatic heterocycles. The number of benzene rings is 1. The van der Waals surface area contributed by atoms with Crippen LogP contribution in [0, 0.1) is 13.8 Å². The van der Waals surface area contributed by atoms with Gasteiger partial charge in [-0.2, -0.15) is 0 Å². The van der Waals surface area contributed by atoms with E-state index in [0.29, 0.717) is 0 Å². The average molecular weight is 307 g/mol. The van der Waals surface area contributed by atoms with Crippen LogP contribution in [0.25, 0.3) is 0 Å². The predicted octanol–water partition coefficient (Wildman–Crippen LogP) is 2.41. The van der Waals surface area contributed by atoms with Crippen LogP contribution in [0.4, 0.5) is 0 Å². The second-order valence-electron chi connectivity index (χ2n) is 4.20. The van der Waals surface area contributed by atoms with E-state index in [-0.39, 0.29) is 6.04 Å². The first-order chi connectivity index (χ1) is 8.63. The standard InChI is InChI=1S/C13H15BrN4/c1-8-5-10(6-9(2)12(8)14)13(18-15)11-7-16-3-4-17-11/h3-7,13,18H,15H2,1-2H3. The van der Waals surface area contributed by atoms with Gasteiger partial charge in [-0.15, -0.1) is 0 Å². The Morgan fingerprint density at radius 2 is 1.89 bits per heavy atom. The lowest BCUT2D eigenvalue weighted by Gasteiger charge is -2.17. The van der Waals surface area contributed by atoms with Crippen LogP contribution in [0.2, 0.25) is 0 Å². The van der Waals surface area contributed by atoms with Crippen molar-refractivity contribution < 1.29 is 0 Å². The van der Waals surface area contributed by atoms with E-state index in [1.165, 1.54) is 11.1 Å². The fourth-order valence-electron chi connectivity index (χ4n) is 1.96. The highest BCUT2D eigenvalue weighted by molar-refractivity contribution is 9.10. The zero-order valence-corrected chi connectivity index (χ0v) is 11.9. The van der Waals surface area contributed by atoms with E-state index >= 15 is 0 Å². The van der Waals surface area contributed by atoms with E-state index < -0.39 is 0 Å². The molecule has 0 spiro atoms. The van der Waals surface area contributed by atoms with Gasteiger partial charge in [-0.05, 0) is 30.5 Å². The summed E-state index contributed by atoms with van der Waals surface area (Å²) >= 11 is 3.56. The molecule has 94 valence electrons. The van der Waals surface area contributed by atoms with Gasteiger partial charge < -0.3 is 0 Å². The van der Waals surface area contributed by atoms with E-state index in [4.69, 9.17) is 5.84 Å². The summed E-state index contributed by atoms with van der Waals surface area (Å²) in [5.74, 6) is 5.65. The van der Waals surface area contributed by atoms with E-state index in [1.807, 2.05) is 0 Å². The number of halogens is 1. The summed E-state index contributed by atoms with van der Waals surface area (Å²) < 4.78 is 1.13. The minimum Gasteiger partial charge on any atom is -0.271 e. The maximum atomic E-state index is 5.65. The minimum absolute atomic E-state index is 0.149. The maximum Gasteiger partial charge on any atom is 0.0897 e. The number of nitrogens with zero attached hydrogens (tertiary/aromatic N) is 2. The number of rotatable bonds is 3. The molecule has 3 N–H and O–H groups in total. The van der Waals surface area contributed by atoms with Gasteiger partial charge in [-0.1, -0.05) is 28.1 Å².